The first-order valence-corrected chi connectivity index (χ1v) is 5.81. The second kappa shape index (κ2) is 5.25. The predicted molar refractivity (Wildman–Crippen MR) is 68.8 cm³/mol. The van der Waals surface area contributed by atoms with E-state index in [1.165, 1.54) is 11.3 Å². The van der Waals surface area contributed by atoms with E-state index in [2.05, 4.69) is 4.98 Å². The van der Waals surface area contributed by atoms with Gasteiger partial charge in [0, 0.05) is 20.6 Å². The van der Waals surface area contributed by atoms with Crippen molar-refractivity contribution in [3.05, 3.63) is 10.6 Å². The van der Waals surface area contributed by atoms with Crippen LogP contribution in [0.5, 0.6) is 0 Å². The summed E-state index contributed by atoms with van der Waals surface area (Å²) in [5.41, 5.74) is 1.57. The van der Waals surface area contributed by atoms with Crippen molar-refractivity contribution < 1.29 is 4.79 Å². The lowest BCUT2D eigenvalue weighted by Crippen LogP contribution is -2.14. The van der Waals surface area contributed by atoms with Crippen molar-refractivity contribution in [3.63, 3.8) is 0 Å². The van der Waals surface area contributed by atoms with Gasteiger partial charge in [-0.25, -0.2) is 9.78 Å². The third-order valence-corrected chi connectivity index (χ3v) is 3.42. The van der Waals surface area contributed by atoms with Gasteiger partial charge in [0.05, 0.1) is 16.1 Å². The summed E-state index contributed by atoms with van der Waals surface area (Å²) in [6, 6.07) is 0. The third kappa shape index (κ3) is 2.92. The number of hydrogen-bond acceptors (Lipinski definition) is 5. The van der Waals surface area contributed by atoms with Crippen LogP contribution < -0.4 is 4.90 Å². The molecule has 0 N–H and O–H groups in total. The molecule has 1 aromatic heterocycles. The van der Waals surface area contributed by atoms with E-state index < -0.39 is 0 Å². The molecule has 0 aliphatic rings. The van der Waals surface area contributed by atoms with E-state index in [0.29, 0.717) is 12.1 Å². The molecule has 0 fully saturated rings. The van der Waals surface area contributed by atoms with Crippen molar-refractivity contribution in [2.24, 2.45) is 0 Å². The number of aromatic nitrogens is 1. The Bertz CT molecular complexity index is 417. The maximum atomic E-state index is 10.9. The van der Waals surface area contributed by atoms with Gasteiger partial charge in [0.15, 0.2) is 5.13 Å². The molecule has 0 aliphatic heterocycles. The Hall–Kier alpha value is -1.16. The normalized spacial score (nSPS) is 10.4. The molecule has 1 heterocycles. The lowest BCUT2D eigenvalue weighted by molar-refractivity contribution is 0.463. The largest absolute Gasteiger partial charge is 0.354 e. The first-order valence-electron chi connectivity index (χ1n) is 4.99. The Morgan fingerprint density at radius 3 is 2.38 bits per heavy atom. The predicted octanol–water partition coefficient (Wildman–Crippen LogP) is 1.29. The minimum absolute atomic E-state index is 0.597. The topological polar surface area (TPSA) is 36.4 Å². The van der Waals surface area contributed by atoms with Crippen LogP contribution in [-0.4, -0.2) is 50.6 Å². The van der Waals surface area contributed by atoms with Crippen LogP contribution in [0.4, 0.5) is 5.13 Å². The Balaban J connectivity index is 3.07. The summed E-state index contributed by atoms with van der Waals surface area (Å²) in [5, 5.41) is 0.916. The molecule has 5 heteroatoms. The van der Waals surface area contributed by atoms with Crippen LogP contribution in [0.2, 0.25) is 0 Å². The third-order valence-electron chi connectivity index (χ3n) is 2.04. The maximum absolute atomic E-state index is 10.9. The van der Waals surface area contributed by atoms with Gasteiger partial charge >= 0.3 is 0 Å². The van der Waals surface area contributed by atoms with Crippen molar-refractivity contribution in [3.8, 4) is 0 Å². The monoisotopic (exact) mass is 239 g/mol. The molecule has 0 aliphatic carbocycles. The van der Waals surface area contributed by atoms with Crippen molar-refractivity contribution in [1.29, 1.82) is 0 Å². The molecule has 4 nitrogen and oxygen atoms in total. The van der Waals surface area contributed by atoms with Gasteiger partial charge < -0.3 is 9.80 Å². The van der Waals surface area contributed by atoms with E-state index >= 15 is 0 Å². The summed E-state index contributed by atoms with van der Waals surface area (Å²) in [6.45, 7) is 2.52. The van der Waals surface area contributed by atoms with Crippen LogP contribution in [-0.2, 0) is 4.79 Å². The molecule has 88 valence electrons. The highest BCUT2D eigenvalue weighted by atomic mass is 32.1. The molecule has 16 heavy (non-hydrogen) atoms. The maximum Gasteiger partial charge on any atom is 0.185 e. The van der Waals surface area contributed by atoms with Crippen LogP contribution in [0.25, 0.3) is 5.57 Å². The van der Waals surface area contributed by atoms with E-state index in [1.807, 2.05) is 50.9 Å². The average molecular weight is 239 g/mol. The number of thiazole rings is 1. The molecule has 0 bridgehead atoms. The lowest BCUT2D eigenvalue weighted by atomic mass is 10.2. The second-order valence-electron chi connectivity index (χ2n) is 4.12. The van der Waals surface area contributed by atoms with Crippen molar-refractivity contribution >= 4 is 28.0 Å². The van der Waals surface area contributed by atoms with Gasteiger partial charge in [-0.3, -0.25) is 0 Å². The Morgan fingerprint density at radius 2 is 2.00 bits per heavy atom. The molecule has 0 amide bonds. The van der Waals surface area contributed by atoms with Gasteiger partial charge in [-0.15, -0.1) is 0 Å². The fraction of sp³-hybridized carbons (Fsp3) is 0.545. The van der Waals surface area contributed by atoms with Gasteiger partial charge in [-0.2, -0.15) is 0 Å². The fourth-order valence-corrected chi connectivity index (χ4v) is 2.29. The molecule has 0 saturated heterocycles. The number of likely N-dealkylation sites (N-methyl/N-ethyl adjacent to an activating group) is 1. The standard InChI is InChI=1S/C11H17N3OS/c1-8-10(9(7-15)6-13(2)3)16-11(12-8)14(4)5/h6H2,1-5H3. The number of rotatable bonds is 4. The van der Waals surface area contributed by atoms with E-state index in [1.54, 1.807) is 0 Å². The zero-order chi connectivity index (χ0) is 12.3. The van der Waals surface area contributed by atoms with Crippen LogP contribution in [0.1, 0.15) is 10.6 Å². The molecule has 1 aromatic rings. The molecular formula is C11H17N3OS. The minimum atomic E-state index is 0.597. The van der Waals surface area contributed by atoms with Crippen LogP contribution in [0.15, 0.2) is 0 Å². The summed E-state index contributed by atoms with van der Waals surface area (Å²) in [5.74, 6) is 2.02. The summed E-state index contributed by atoms with van der Waals surface area (Å²) >= 11 is 1.53. The first kappa shape index (κ1) is 12.9. The Labute approximate surface area is 100 Å². The zero-order valence-corrected chi connectivity index (χ0v) is 11.2. The molecule has 0 spiro atoms. The highest BCUT2D eigenvalue weighted by Gasteiger charge is 2.14. The zero-order valence-electron chi connectivity index (χ0n) is 10.4. The first-order chi connectivity index (χ1) is 7.45. The molecule has 0 unspecified atom stereocenters. The number of anilines is 1. The Kier molecular flexibility index (Phi) is 4.24. The van der Waals surface area contributed by atoms with Crippen molar-refractivity contribution in [1.82, 2.24) is 9.88 Å². The molecule has 1 rings (SSSR count). The summed E-state index contributed by atoms with van der Waals surface area (Å²) in [6.07, 6.45) is 0. The van der Waals surface area contributed by atoms with Crippen LogP contribution >= 0.6 is 11.3 Å². The fourth-order valence-electron chi connectivity index (χ4n) is 1.32. The molecule has 0 atom stereocenters. The quantitative estimate of drug-likeness (QED) is 0.742. The van der Waals surface area contributed by atoms with Gasteiger partial charge in [0.2, 0.25) is 0 Å². The van der Waals surface area contributed by atoms with Crippen molar-refractivity contribution in [2.75, 3.05) is 39.6 Å². The van der Waals surface area contributed by atoms with Gasteiger partial charge in [-0.1, -0.05) is 11.3 Å². The van der Waals surface area contributed by atoms with Gasteiger partial charge in [0.25, 0.3) is 0 Å². The second-order valence-corrected chi connectivity index (χ2v) is 5.10. The van der Waals surface area contributed by atoms with Crippen LogP contribution in [0, 0.1) is 6.92 Å². The smallest absolute Gasteiger partial charge is 0.185 e. The SMILES string of the molecule is Cc1nc(N(C)C)sc1C(=C=O)CN(C)C. The highest BCUT2D eigenvalue weighted by molar-refractivity contribution is 7.16. The number of aryl methyl sites for hydroxylation is 1. The number of nitrogens with zero attached hydrogens (tertiary/aromatic N) is 3. The van der Waals surface area contributed by atoms with E-state index in [0.717, 1.165) is 15.7 Å². The Morgan fingerprint density at radius 1 is 1.38 bits per heavy atom. The molecular weight excluding hydrogens is 222 g/mol. The summed E-state index contributed by atoms with van der Waals surface area (Å²) < 4.78 is 0. The summed E-state index contributed by atoms with van der Waals surface area (Å²) in [4.78, 5) is 20.2. The van der Waals surface area contributed by atoms with Crippen LogP contribution in [0.3, 0.4) is 0 Å². The van der Waals surface area contributed by atoms with E-state index in [9.17, 15) is 4.79 Å². The minimum Gasteiger partial charge on any atom is -0.354 e. The van der Waals surface area contributed by atoms with Crippen molar-refractivity contribution in [2.45, 2.75) is 6.92 Å². The lowest BCUT2D eigenvalue weighted by Gasteiger charge is -2.09. The van der Waals surface area contributed by atoms with E-state index in [-0.39, 0.29) is 0 Å². The summed E-state index contributed by atoms with van der Waals surface area (Å²) in [7, 11) is 7.75. The highest BCUT2D eigenvalue weighted by Crippen LogP contribution is 2.29. The van der Waals surface area contributed by atoms with Gasteiger partial charge in [0.1, 0.15) is 5.94 Å². The molecule has 0 aromatic carbocycles. The molecule has 0 radical (unpaired) electrons. The van der Waals surface area contributed by atoms with E-state index in [4.69, 9.17) is 0 Å². The number of hydrogen-bond donors (Lipinski definition) is 0. The van der Waals surface area contributed by atoms with Gasteiger partial charge in [-0.05, 0) is 21.0 Å². The average Bonchev–Trinajstić information content (AvgIpc) is 2.56. The molecule has 0 saturated carbocycles. The number of carbonyl (C=O) groups excluding carboxylic acids is 1.